The van der Waals surface area contributed by atoms with Crippen LogP contribution in [0.4, 0.5) is 5.69 Å². The molecule has 1 aromatic rings. The molecule has 4 atom stereocenters. The van der Waals surface area contributed by atoms with Crippen molar-refractivity contribution in [1.29, 1.82) is 0 Å². The lowest BCUT2D eigenvalue weighted by atomic mass is 9.78. The van der Waals surface area contributed by atoms with Gasteiger partial charge in [0.1, 0.15) is 12.3 Å². The van der Waals surface area contributed by atoms with Crippen LogP contribution in [0.3, 0.4) is 0 Å². The van der Waals surface area contributed by atoms with Crippen molar-refractivity contribution < 1.29 is 14.3 Å². The van der Waals surface area contributed by atoms with E-state index in [-0.39, 0.29) is 24.4 Å². The van der Waals surface area contributed by atoms with Gasteiger partial charge in [-0.1, -0.05) is 45.7 Å². The van der Waals surface area contributed by atoms with Crippen molar-refractivity contribution in [2.24, 2.45) is 11.8 Å². The Bertz CT molecular complexity index is 646. The number of nitrogens with zero attached hydrogens (tertiary/aromatic N) is 1. The molecule has 5 heteroatoms. The number of hydrogen-bond acceptors (Lipinski definition) is 3. The van der Waals surface area contributed by atoms with E-state index >= 15 is 0 Å². The predicted molar refractivity (Wildman–Crippen MR) is 97.6 cm³/mol. The van der Waals surface area contributed by atoms with Crippen LogP contribution in [0.1, 0.15) is 46.5 Å². The smallest absolute Gasteiger partial charge is 0.268 e. The summed E-state index contributed by atoms with van der Waals surface area (Å²) in [6.07, 6.45) is 3.45. The van der Waals surface area contributed by atoms with Crippen LogP contribution < -0.4 is 15.0 Å². The molecule has 2 aliphatic rings. The van der Waals surface area contributed by atoms with E-state index in [4.69, 9.17) is 4.74 Å². The topological polar surface area (TPSA) is 58.6 Å². The molecule has 1 aliphatic heterocycles. The second-order valence-corrected chi connectivity index (χ2v) is 7.35. The Labute approximate surface area is 149 Å². The molecule has 1 aliphatic carbocycles. The van der Waals surface area contributed by atoms with E-state index in [2.05, 4.69) is 19.2 Å². The van der Waals surface area contributed by atoms with E-state index in [0.717, 1.165) is 12.8 Å². The van der Waals surface area contributed by atoms with E-state index in [1.807, 2.05) is 31.2 Å². The van der Waals surface area contributed by atoms with Gasteiger partial charge in [0.05, 0.1) is 5.69 Å². The van der Waals surface area contributed by atoms with Gasteiger partial charge in [0.2, 0.25) is 5.91 Å². The molecule has 0 bridgehead atoms. The number of carbonyl (C=O) groups is 2. The van der Waals surface area contributed by atoms with E-state index in [1.54, 1.807) is 4.90 Å². The summed E-state index contributed by atoms with van der Waals surface area (Å²) >= 11 is 0. The molecule has 3 rings (SSSR count). The number of benzene rings is 1. The van der Waals surface area contributed by atoms with Gasteiger partial charge in [0.15, 0.2) is 6.10 Å². The monoisotopic (exact) mass is 344 g/mol. The van der Waals surface area contributed by atoms with Gasteiger partial charge in [0, 0.05) is 6.04 Å². The van der Waals surface area contributed by atoms with Crippen LogP contribution in [-0.2, 0) is 9.59 Å². The second-order valence-electron chi connectivity index (χ2n) is 7.35. The third kappa shape index (κ3) is 3.65. The molecule has 25 heavy (non-hydrogen) atoms. The summed E-state index contributed by atoms with van der Waals surface area (Å²) in [5.74, 6) is 1.52. The Morgan fingerprint density at radius 3 is 2.80 bits per heavy atom. The number of anilines is 1. The number of carbonyl (C=O) groups excluding carboxylic acids is 2. The minimum Gasteiger partial charge on any atom is -0.478 e. The fraction of sp³-hybridized carbons (Fsp3) is 0.600. The van der Waals surface area contributed by atoms with Crippen molar-refractivity contribution in [2.45, 2.75) is 58.6 Å². The average Bonchev–Trinajstić information content (AvgIpc) is 2.61. The lowest BCUT2D eigenvalue weighted by Crippen LogP contribution is -2.52. The Hall–Kier alpha value is -2.04. The number of hydrogen-bond donors (Lipinski definition) is 1. The first-order valence-corrected chi connectivity index (χ1v) is 9.37. The number of nitrogens with one attached hydrogen (secondary N) is 1. The highest BCUT2D eigenvalue weighted by molar-refractivity contribution is 6.03. The number of fused-ring (bicyclic) bond motifs is 1. The third-order valence-electron chi connectivity index (χ3n) is 5.69. The first-order valence-electron chi connectivity index (χ1n) is 9.37. The van der Waals surface area contributed by atoms with E-state index in [0.29, 0.717) is 29.7 Å². The summed E-state index contributed by atoms with van der Waals surface area (Å²) < 4.78 is 5.76. The second kappa shape index (κ2) is 7.46. The maximum Gasteiger partial charge on any atom is 0.268 e. The standard InChI is InChI=1S/C20H28N2O3/c1-4-17-20(24)22(16-10-5-6-11-18(16)25-17)12-19(23)21-15-9-7-8-13(2)14(15)3/h5-6,10-11,13-15,17H,4,7-9,12H2,1-3H3,(H,21,23)/t13-,14-,15+,17-/m0/s1. The molecule has 0 aromatic heterocycles. The normalized spacial score (nSPS) is 28.9. The molecule has 1 fully saturated rings. The zero-order valence-electron chi connectivity index (χ0n) is 15.3. The Morgan fingerprint density at radius 1 is 1.28 bits per heavy atom. The van der Waals surface area contributed by atoms with Crippen LogP contribution in [-0.4, -0.2) is 30.5 Å². The summed E-state index contributed by atoms with van der Waals surface area (Å²) in [6.45, 7) is 6.42. The lowest BCUT2D eigenvalue weighted by molar-refractivity contribution is -0.129. The highest BCUT2D eigenvalue weighted by Crippen LogP contribution is 2.34. The first-order chi connectivity index (χ1) is 12.0. The minimum absolute atomic E-state index is 0.0489. The van der Waals surface area contributed by atoms with Crippen LogP contribution in [0.2, 0.25) is 0 Å². The van der Waals surface area contributed by atoms with Gasteiger partial charge in [0.25, 0.3) is 5.91 Å². The molecule has 0 radical (unpaired) electrons. The van der Waals surface area contributed by atoms with Crippen LogP contribution in [0.25, 0.3) is 0 Å². The van der Waals surface area contributed by atoms with Gasteiger partial charge in [-0.3, -0.25) is 14.5 Å². The molecule has 5 nitrogen and oxygen atoms in total. The van der Waals surface area contributed by atoms with Gasteiger partial charge >= 0.3 is 0 Å². The summed E-state index contributed by atoms with van der Waals surface area (Å²) in [6, 6.07) is 7.62. The van der Waals surface area contributed by atoms with Crippen molar-refractivity contribution >= 4 is 17.5 Å². The highest BCUT2D eigenvalue weighted by atomic mass is 16.5. The zero-order chi connectivity index (χ0) is 18.0. The molecule has 0 saturated heterocycles. The molecule has 0 unspecified atom stereocenters. The van der Waals surface area contributed by atoms with Gasteiger partial charge in [-0.2, -0.15) is 0 Å². The Morgan fingerprint density at radius 2 is 2.04 bits per heavy atom. The maximum atomic E-state index is 12.7. The van der Waals surface area contributed by atoms with Crippen LogP contribution in [0.5, 0.6) is 5.75 Å². The fourth-order valence-corrected chi connectivity index (χ4v) is 3.88. The molecule has 1 aromatic carbocycles. The summed E-state index contributed by atoms with van der Waals surface area (Å²) in [7, 11) is 0. The third-order valence-corrected chi connectivity index (χ3v) is 5.69. The largest absolute Gasteiger partial charge is 0.478 e. The molecule has 1 N–H and O–H groups in total. The average molecular weight is 344 g/mol. The van der Waals surface area contributed by atoms with Crippen LogP contribution >= 0.6 is 0 Å². The minimum atomic E-state index is -0.517. The zero-order valence-corrected chi connectivity index (χ0v) is 15.3. The number of ether oxygens (including phenoxy) is 1. The summed E-state index contributed by atoms with van der Waals surface area (Å²) in [5.41, 5.74) is 0.678. The molecule has 0 spiro atoms. The Kier molecular flexibility index (Phi) is 5.30. The summed E-state index contributed by atoms with van der Waals surface area (Å²) in [4.78, 5) is 26.9. The van der Waals surface area contributed by atoms with Crippen molar-refractivity contribution in [3.63, 3.8) is 0 Å². The molecule has 1 saturated carbocycles. The van der Waals surface area contributed by atoms with Crippen molar-refractivity contribution in [2.75, 3.05) is 11.4 Å². The predicted octanol–water partition coefficient (Wildman–Crippen LogP) is 3.13. The first kappa shape index (κ1) is 17.8. The van der Waals surface area contributed by atoms with Crippen molar-refractivity contribution in [3.05, 3.63) is 24.3 Å². The molecule has 136 valence electrons. The number of rotatable bonds is 4. The van der Waals surface area contributed by atoms with Crippen LogP contribution in [0, 0.1) is 11.8 Å². The molecule has 1 heterocycles. The fourth-order valence-electron chi connectivity index (χ4n) is 3.88. The van der Waals surface area contributed by atoms with Gasteiger partial charge < -0.3 is 10.1 Å². The van der Waals surface area contributed by atoms with Gasteiger partial charge in [-0.15, -0.1) is 0 Å². The van der Waals surface area contributed by atoms with E-state index in [1.165, 1.54) is 6.42 Å². The van der Waals surface area contributed by atoms with Gasteiger partial charge in [-0.25, -0.2) is 0 Å². The Balaban J connectivity index is 1.72. The molecular formula is C20H28N2O3. The van der Waals surface area contributed by atoms with Crippen LogP contribution in [0.15, 0.2) is 24.3 Å². The SMILES string of the molecule is CC[C@@H]1Oc2ccccc2N(CC(=O)N[C@@H]2CCC[C@H](C)[C@@H]2C)C1=O. The maximum absolute atomic E-state index is 12.7. The quantitative estimate of drug-likeness (QED) is 0.913. The number of amides is 2. The number of para-hydroxylation sites is 2. The van der Waals surface area contributed by atoms with E-state index in [9.17, 15) is 9.59 Å². The lowest BCUT2D eigenvalue weighted by Gasteiger charge is -2.36. The summed E-state index contributed by atoms with van der Waals surface area (Å²) in [5, 5.41) is 3.16. The van der Waals surface area contributed by atoms with Gasteiger partial charge in [-0.05, 0) is 36.8 Å². The molecular weight excluding hydrogens is 316 g/mol. The van der Waals surface area contributed by atoms with Crippen molar-refractivity contribution in [3.8, 4) is 5.75 Å². The van der Waals surface area contributed by atoms with E-state index < -0.39 is 6.10 Å². The highest BCUT2D eigenvalue weighted by Gasteiger charge is 2.35. The van der Waals surface area contributed by atoms with Crippen molar-refractivity contribution in [1.82, 2.24) is 5.32 Å². The molecule has 2 amide bonds.